The highest BCUT2D eigenvalue weighted by atomic mass is 16.6. The number of nitro benzene ring substituents is 1. The minimum Gasteiger partial charge on any atom is -0.497 e. The minimum atomic E-state index is -0.846. The zero-order valence-electron chi connectivity index (χ0n) is 15.0. The van der Waals surface area contributed by atoms with Gasteiger partial charge in [0.05, 0.1) is 30.3 Å². The molecule has 0 unspecified atom stereocenters. The molecule has 0 radical (unpaired) electrons. The third kappa shape index (κ3) is 4.51. The average Bonchev–Trinajstić information content (AvgIpc) is 2.70. The number of ether oxygens (including phenoxy) is 3. The highest BCUT2D eigenvalue weighted by Crippen LogP contribution is 2.26. The Kier molecular flexibility index (Phi) is 6.32. The number of hydrogen-bond donors (Lipinski definition) is 1. The second-order valence-corrected chi connectivity index (χ2v) is 5.30. The van der Waals surface area contributed by atoms with E-state index in [2.05, 4.69) is 5.32 Å². The molecule has 1 N–H and O–H groups in total. The molecule has 2 aromatic carbocycles. The molecule has 2 rings (SSSR count). The number of ketones is 1. The number of Topliss-reactive ketones (excluding diaryl/α,β-unsaturated/α-hetero) is 1. The predicted molar refractivity (Wildman–Crippen MR) is 96.8 cm³/mol. The third-order valence-corrected chi connectivity index (χ3v) is 3.74. The monoisotopic (exact) mass is 374 g/mol. The predicted octanol–water partition coefficient (Wildman–Crippen LogP) is 2.69. The van der Waals surface area contributed by atoms with E-state index in [0.29, 0.717) is 5.75 Å². The van der Waals surface area contributed by atoms with Gasteiger partial charge in [0.2, 0.25) is 5.78 Å². The van der Waals surface area contributed by atoms with Gasteiger partial charge in [-0.15, -0.1) is 0 Å². The zero-order chi connectivity index (χ0) is 20.0. The van der Waals surface area contributed by atoms with Crippen molar-refractivity contribution in [1.82, 2.24) is 0 Å². The lowest BCUT2D eigenvalue weighted by molar-refractivity contribution is -0.384. The van der Waals surface area contributed by atoms with Gasteiger partial charge in [-0.05, 0) is 24.3 Å². The van der Waals surface area contributed by atoms with Gasteiger partial charge in [0.15, 0.2) is 6.61 Å². The van der Waals surface area contributed by atoms with Gasteiger partial charge in [0.25, 0.3) is 5.69 Å². The molecule has 0 amide bonds. The molecule has 0 bridgehead atoms. The number of rotatable bonds is 8. The average molecular weight is 374 g/mol. The van der Waals surface area contributed by atoms with Crippen LogP contribution in [0.5, 0.6) is 11.5 Å². The summed E-state index contributed by atoms with van der Waals surface area (Å²) in [7, 11) is 4.41. The van der Waals surface area contributed by atoms with E-state index in [1.54, 1.807) is 6.07 Å². The van der Waals surface area contributed by atoms with Crippen molar-refractivity contribution in [2.45, 2.75) is 0 Å². The maximum atomic E-state index is 12.3. The SMILES string of the molecule is CNc1ccc(C(=O)OCC(=O)c2ccc(OC)cc2OC)cc1[N+](=O)[O-]. The molecule has 0 aliphatic rings. The van der Waals surface area contributed by atoms with Crippen LogP contribution in [0.25, 0.3) is 0 Å². The van der Waals surface area contributed by atoms with E-state index in [9.17, 15) is 19.7 Å². The number of methoxy groups -OCH3 is 2. The molecule has 0 aliphatic carbocycles. The number of esters is 1. The van der Waals surface area contributed by atoms with Gasteiger partial charge < -0.3 is 19.5 Å². The Morgan fingerprint density at radius 2 is 1.85 bits per heavy atom. The smallest absolute Gasteiger partial charge is 0.338 e. The molecular weight excluding hydrogens is 356 g/mol. The fraction of sp³-hybridized carbons (Fsp3) is 0.222. The molecule has 9 heteroatoms. The first kappa shape index (κ1) is 19.7. The summed E-state index contributed by atoms with van der Waals surface area (Å²) in [6.45, 7) is -0.539. The van der Waals surface area contributed by atoms with Gasteiger partial charge in [0, 0.05) is 19.2 Å². The highest BCUT2D eigenvalue weighted by Gasteiger charge is 2.20. The number of nitrogens with zero attached hydrogens (tertiary/aromatic N) is 1. The largest absolute Gasteiger partial charge is 0.497 e. The van der Waals surface area contributed by atoms with Gasteiger partial charge in [-0.2, -0.15) is 0 Å². The van der Waals surface area contributed by atoms with Crippen molar-refractivity contribution in [3.8, 4) is 11.5 Å². The van der Waals surface area contributed by atoms with Crippen molar-refractivity contribution in [1.29, 1.82) is 0 Å². The number of carbonyl (C=O) groups is 2. The molecule has 9 nitrogen and oxygen atoms in total. The standard InChI is InChI=1S/C18H18N2O7/c1-19-14-7-4-11(8-15(14)20(23)24)18(22)27-10-16(21)13-6-5-12(25-2)9-17(13)26-3/h4-9,19H,10H2,1-3H3. The van der Waals surface area contributed by atoms with Crippen LogP contribution in [0.15, 0.2) is 36.4 Å². The van der Waals surface area contributed by atoms with E-state index >= 15 is 0 Å². The Bertz CT molecular complexity index is 880. The summed E-state index contributed by atoms with van der Waals surface area (Å²) in [5.41, 5.74) is 0.184. The summed E-state index contributed by atoms with van der Waals surface area (Å²) in [4.78, 5) is 34.9. The molecule has 0 aliphatic heterocycles. The summed E-state index contributed by atoms with van der Waals surface area (Å²) >= 11 is 0. The normalized spacial score (nSPS) is 10.0. The van der Waals surface area contributed by atoms with Gasteiger partial charge in [-0.3, -0.25) is 14.9 Å². The maximum absolute atomic E-state index is 12.3. The van der Waals surface area contributed by atoms with Crippen molar-refractivity contribution < 1.29 is 28.7 Å². The van der Waals surface area contributed by atoms with Gasteiger partial charge in [-0.1, -0.05) is 0 Å². The maximum Gasteiger partial charge on any atom is 0.338 e. The molecule has 0 heterocycles. The summed E-state index contributed by atoms with van der Waals surface area (Å²) < 4.78 is 15.2. The topological polar surface area (TPSA) is 117 Å². The number of benzene rings is 2. The summed E-state index contributed by atoms with van der Waals surface area (Å²) in [5.74, 6) is -0.535. The molecule has 0 spiro atoms. The molecule has 0 aromatic heterocycles. The van der Waals surface area contributed by atoms with Crippen molar-refractivity contribution in [3.05, 3.63) is 57.6 Å². The van der Waals surface area contributed by atoms with Crippen LogP contribution in [0.2, 0.25) is 0 Å². The van der Waals surface area contributed by atoms with E-state index in [4.69, 9.17) is 14.2 Å². The number of carbonyl (C=O) groups excluding carboxylic acids is 2. The van der Waals surface area contributed by atoms with Crippen LogP contribution in [0.4, 0.5) is 11.4 Å². The number of anilines is 1. The first-order valence-electron chi connectivity index (χ1n) is 7.79. The summed E-state index contributed by atoms with van der Waals surface area (Å²) in [5, 5.41) is 13.7. The lowest BCUT2D eigenvalue weighted by Gasteiger charge is -2.10. The summed E-state index contributed by atoms with van der Waals surface area (Å²) in [6.07, 6.45) is 0. The second-order valence-electron chi connectivity index (χ2n) is 5.30. The first-order chi connectivity index (χ1) is 12.9. The molecule has 0 saturated carbocycles. The van der Waals surface area contributed by atoms with E-state index in [1.807, 2.05) is 0 Å². The van der Waals surface area contributed by atoms with Crippen LogP contribution in [0.3, 0.4) is 0 Å². The Morgan fingerprint density at radius 1 is 1.11 bits per heavy atom. The minimum absolute atomic E-state index is 0.0322. The second kappa shape index (κ2) is 8.65. The quantitative estimate of drug-likeness (QED) is 0.324. The van der Waals surface area contributed by atoms with E-state index in [0.717, 1.165) is 6.07 Å². The van der Waals surface area contributed by atoms with Crippen molar-refractivity contribution in [3.63, 3.8) is 0 Å². The number of hydrogen-bond acceptors (Lipinski definition) is 8. The molecule has 2 aromatic rings. The zero-order valence-corrected chi connectivity index (χ0v) is 15.0. The van der Waals surface area contributed by atoms with Gasteiger partial charge >= 0.3 is 5.97 Å². The van der Waals surface area contributed by atoms with Crippen LogP contribution in [0.1, 0.15) is 20.7 Å². The van der Waals surface area contributed by atoms with Gasteiger partial charge in [-0.25, -0.2) is 4.79 Å². The van der Waals surface area contributed by atoms with Crippen LogP contribution in [-0.2, 0) is 4.74 Å². The number of nitrogens with one attached hydrogen (secondary N) is 1. The highest BCUT2D eigenvalue weighted by molar-refractivity contribution is 6.01. The first-order valence-corrected chi connectivity index (χ1v) is 7.79. The van der Waals surface area contributed by atoms with Gasteiger partial charge in [0.1, 0.15) is 17.2 Å². The van der Waals surface area contributed by atoms with E-state index < -0.39 is 23.3 Å². The molecule has 142 valence electrons. The molecule has 0 atom stereocenters. The van der Waals surface area contributed by atoms with Crippen LogP contribution in [-0.4, -0.2) is 44.6 Å². The third-order valence-electron chi connectivity index (χ3n) is 3.74. The fourth-order valence-corrected chi connectivity index (χ4v) is 2.34. The molecule has 0 saturated heterocycles. The van der Waals surface area contributed by atoms with E-state index in [1.165, 1.54) is 45.5 Å². The van der Waals surface area contributed by atoms with Crippen molar-refractivity contribution in [2.75, 3.05) is 33.2 Å². The van der Waals surface area contributed by atoms with Crippen LogP contribution < -0.4 is 14.8 Å². The number of nitro groups is 1. The lowest BCUT2D eigenvalue weighted by Crippen LogP contribution is -2.15. The Morgan fingerprint density at radius 3 is 2.44 bits per heavy atom. The molecule has 0 fully saturated rings. The van der Waals surface area contributed by atoms with Crippen molar-refractivity contribution >= 4 is 23.1 Å². The summed E-state index contributed by atoms with van der Waals surface area (Å²) in [6, 6.07) is 8.47. The lowest BCUT2D eigenvalue weighted by atomic mass is 10.1. The fourth-order valence-electron chi connectivity index (χ4n) is 2.34. The molecular formula is C18H18N2O7. The Labute approximate surface area is 155 Å². The Hall–Kier alpha value is -3.62. The van der Waals surface area contributed by atoms with Crippen LogP contribution >= 0.6 is 0 Å². The molecule has 27 heavy (non-hydrogen) atoms. The Balaban J connectivity index is 2.13. The van der Waals surface area contributed by atoms with E-state index in [-0.39, 0.29) is 28.3 Å². The van der Waals surface area contributed by atoms with Crippen LogP contribution in [0, 0.1) is 10.1 Å². The van der Waals surface area contributed by atoms with Crippen molar-refractivity contribution in [2.24, 2.45) is 0 Å².